The first kappa shape index (κ1) is 7.98. The number of hydrogen-bond donors (Lipinski definition) is 1. The molecule has 0 saturated carbocycles. The van der Waals surface area contributed by atoms with Crippen LogP contribution in [-0.4, -0.2) is 11.7 Å². The van der Waals surface area contributed by atoms with Crippen LogP contribution in [0, 0.1) is 0 Å². The summed E-state index contributed by atoms with van der Waals surface area (Å²) in [5.41, 5.74) is 1.54. The van der Waals surface area contributed by atoms with E-state index in [9.17, 15) is 4.79 Å². The van der Waals surface area contributed by atoms with Gasteiger partial charge >= 0.3 is 0 Å². The van der Waals surface area contributed by atoms with Crippen LogP contribution in [0.5, 0.6) is 0 Å². The van der Waals surface area contributed by atoms with Crippen LogP contribution < -0.4 is 5.32 Å². The summed E-state index contributed by atoms with van der Waals surface area (Å²) in [4.78, 5) is 15.2. The molecule has 1 heterocycles. The Morgan fingerprint density at radius 2 is 2.18 bits per heavy atom. The number of rotatable bonds is 1. The van der Waals surface area contributed by atoms with Crippen LogP contribution in [0.4, 0.5) is 0 Å². The number of nitrogens with one attached hydrogen (secondary N) is 1. The maximum absolute atomic E-state index is 11.1. The van der Waals surface area contributed by atoms with Crippen molar-refractivity contribution in [2.45, 2.75) is 27.2 Å². The van der Waals surface area contributed by atoms with Gasteiger partial charge in [0.2, 0.25) is 0 Å². The van der Waals surface area contributed by atoms with Gasteiger partial charge in [-0.15, -0.1) is 0 Å². The number of amides is 1. The summed E-state index contributed by atoms with van der Waals surface area (Å²) in [6.07, 6.45) is 0.780. The lowest BCUT2D eigenvalue weighted by atomic mass is 10.2. The molecule has 0 spiro atoms. The molecule has 3 nitrogen and oxygen atoms in total. The van der Waals surface area contributed by atoms with E-state index >= 15 is 0 Å². The Hall–Kier alpha value is -1.12. The molecule has 1 aliphatic heterocycles. The Kier molecular flexibility index (Phi) is 2.08. The summed E-state index contributed by atoms with van der Waals surface area (Å²) in [6.45, 7) is 5.74. The fourth-order valence-corrected chi connectivity index (χ4v) is 0.910. The third kappa shape index (κ3) is 1.48. The SMILES string of the molecule is CCC1=NC(=C(C)C)C(=O)N1. The number of nitrogens with zero attached hydrogens (tertiary/aromatic N) is 1. The van der Waals surface area contributed by atoms with Crippen molar-refractivity contribution in [3.63, 3.8) is 0 Å². The highest BCUT2D eigenvalue weighted by molar-refractivity contribution is 6.12. The van der Waals surface area contributed by atoms with E-state index in [2.05, 4.69) is 10.3 Å². The molecule has 1 rings (SSSR count). The molecule has 1 amide bonds. The van der Waals surface area contributed by atoms with Gasteiger partial charge in [-0.1, -0.05) is 6.92 Å². The van der Waals surface area contributed by atoms with Crippen molar-refractivity contribution >= 4 is 11.7 Å². The second-order valence-corrected chi connectivity index (χ2v) is 2.71. The standard InChI is InChI=1S/C8H12N2O/c1-4-6-9-7(5(2)3)8(11)10-6/h4H2,1-3H3,(H,9,10,11). The van der Waals surface area contributed by atoms with Crippen LogP contribution in [-0.2, 0) is 4.79 Å². The summed E-state index contributed by atoms with van der Waals surface area (Å²) < 4.78 is 0. The third-order valence-corrected chi connectivity index (χ3v) is 1.53. The van der Waals surface area contributed by atoms with Crippen LogP contribution in [0.2, 0.25) is 0 Å². The molecule has 1 N–H and O–H groups in total. The Labute approximate surface area is 66.2 Å². The molecule has 0 radical (unpaired) electrons. The summed E-state index contributed by atoms with van der Waals surface area (Å²) in [5, 5.41) is 2.69. The highest BCUT2D eigenvalue weighted by Crippen LogP contribution is 2.10. The van der Waals surface area contributed by atoms with Crippen molar-refractivity contribution in [1.82, 2.24) is 5.32 Å². The van der Waals surface area contributed by atoms with E-state index in [0.29, 0.717) is 5.70 Å². The summed E-state index contributed by atoms with van der Waals surface area (Å²) in [7, 11) is 0. The zero-order valence-corrected chi connectivity index (χ0v) is 7.06. The second kappa shape index (κ2) is 2.86. The van der Waals surface area contributed by atoms with Gasteiger partial charge in [-0.05, 0) is 19.4 Å². The van der Waals surface area contributed by atoms with E-state index in [-0.39, 0.29) is 5.91 Å². The average molecular weight is 152 g/mol. The highest BCUT2D eigenvalue weighted by Gasteiger charge is 2.18. The van der Waals surface area contributed by atoms with Crippen LogP contribution in [0.3, 0.4) is 0 Å². The lowest BCUT2D eigenvalue weighted by molar-refractivity contribution is -0.115. The zero-order valence-electron chi connectivity index (χ0n) is 7.06. The van der Waals surface area contributed by atoms with Gasteiger partial charge < -0.3 is 5.32 Å². The molecule has 1 aliphatic rings. The first-order valence-electron chi connectivity index (χ1n) is 3.71. The number of allylic oxidation sites excluding steroid dienone is 1. The minimum absolute atomic E-state index is 0.0677. The normalized spacial score (nSPS) is 16.5. The fraction of sp³-hybridized carbons (Fsp3) is 0.500. The largest absolute Gasteiger partial charge is 0.309 e. The molecule has 0 aromatic rings. The minimum atomic E-state index is -0.0677. The summed E-state index contributed by atoms with van der Waals surface area (Å²) >= 11 is 0. The molecule has 0 unspecified atom stereocenters. The summed E-state index contributed by atoms with van der Waals surface area (Å²) in [6, 6.07) is 0. The molecule has 11 heavy (non-hydrogen) atoms. The molecule has 0 fully saturated rings. The lowest BCUT2D eigenvalue weighted by Crippen LogP contribution is -2.23. The maximum atomic E-state index is 11.1. The molecule has 0 saturated heterocycles. The van der Waals surface area contributed by atoms with Crippen molar-refractivity contribution in [2.75, 3.05) is 0 Å². The van der Waals surface area contributed by atoms with E-state index < -0.39 is 0 Å². The number of carbonyl (C=O) groups is 1. The van der Waals surface area contributed by atoms with Crippen molar-refractivity contribution < 1.29 is 4.79 Å². The van der Waals surface area contributed by atoms with Crippen molar-refractivity contribution in [1.29, 1.82) is 0 Å². The van der Waals surface area contributed by atoms with Gasteiger partial charge in [-0.25, -0.2) is 4.99 Å². The van der Waals surface area contributed by atoms with Gasteiger partial charge in [0, 0.05) is 6.42 Å². The zero-order chi connectivity index (χ0) is 8.43. The predicted molar refractivity (Wildman–Crippen MR) is 44.2 cm³/mol. The van der Waals surface area contributed by atoms with Gasteiger partial charge in [-0.2, -0.15) is 0 Å². The summed E-state index contributed by atoms with van der Waals surface area (Å²) in [5.74, 6) is 0.702. The van der Waals surface area contributed by atoms with Gasteiger partial charge in [0.25, 0.3) is 5.91 Å². The van der Waals surface area contributed by atoms with E-state index in [4.69, 9.17) is 0 Å². The molecular weight excluding hydrogens is 140 g/mol. The molecule has 0 aromatic carbocycles. The lowest BCUT2D eigenvalue weighted by Gasteiger charge is -1.92. The number of aliphatic imine (C=N–C) groups is 1. The average Bonchev–Trinajstić information content (AvgIpc) is 2.30. The van der Waals surface area contributed by atoms with Gasteiger partial charge in [0.15, 0.2) is 0 Å². The van der Waals surface area contributed by atoms with Gasteiger partial charge in [-0.3, -0.25) is 4.79 Å². The smallest absolute Gasteiger partial charge is 0.275 e. The van der Waals surface area contributed by atoms with Crippen LogP contribution in [0.1, 0.15) is 27.2 Å². The highest BCUT2D eigenvalue weighted by atomic mass is 16.2. The minimum Gasteiger partial charge on any atom is -0.309 e. The van der Waals surface area contributed by atoms with Crippen molar-refractivity contribution in [2.24, 2.45) is 4.99 Å². The Morgan fingerprint density at radius 1 is 1.55 bits per heavy atom. The molecule has 0 aromatic heterocycles. The van der Waals surface area contributed by atoms with Crippen molar-refractivity contribution in [3.8, 4) is 0 Å². The van der Waals surface area contributed by atoms with Gasteiger partial charge in [0.1, 0.15) is 11.5 Å². The number of hydrogen-bond acceptors (Lipinski definition) is 2. The quantitative estimate of drug-likeness (QED) is 0.564. The third-order valence-electron chi connectivity index (χ3n) is 1.53. The number of amidine groups is 1. The van der Waals surface area contributed by atoms with Crippen LogP contribution in [0.15, 0.2) is 16.3 Å². The Bertz CT molecular complexity index is 247. The molecule has 0 aliphatic carbocycles. The van der Waals surface area contributed by atoms with Gasteiger partial charge in [0.05, 0.1) is 0 Å². The predicted octanol–water partition coefficient (Wildman–Crippen LogP) is 1.22. The second-order valence-electron chi connectivity index (χ2n) is 2.71. The molecule has 3 heteroatoms. The number of carbonyl (C=O) groups excluding carboxylic acids is 1. The topological polar surface area (TPSA) is 41.5 Å². The van der Waals surface area contributed by atoms with E-state index in [1.165, 1.54) is 0 Å². The fourth-order valence-electron chi connectivity index (χ4n) is 0.910. The van der Waals surface area contributed by atoms with E-state index in [1.54, 1.807) is 0 Å². The first-order chi connectivity index (χ1) is 5.15. The molecular formula is C8H12N2O. The maximum Gasteiger partial charge on any atom is 0.275 e. The van der Waals surface area contributed by atoms with Crippen molar-refractivity contribution in [3.05, 3.63) is 11.3 Å². The Balaban J connectivity index is 2.94. The van der Waals surface area contributed by atoms with E-state index in [1.807, 2.05) is 20.8 Å². The Morgan fingerprint density at radius 3 is 2.45 bits per heavy atom. The molecule has 60 valence electrons. The van der Waals surface area contributed by atoms with E-state index in [0.717, 1.165) is 17.8 Å². The first-order valence-corrected chi connectivity index (χ1v) is 3.71. The van der Waals surface area contributed by atoms with Crippen LogP contribution >= 0.6 is 0 Å². The molecule has 0 atom stereocenters. The molecule has 0 bridgehead atoms. The van der Waals surface area contributed by atoms with Crippen LogP contribution in [0.25, 0.3) is 0 Å². The monoisotopic (exact) mass is 152 g/mol.